The highest BCUT2D eigenvalue weighted by molar-refractivity contribution is 9.10. The second-order valence-electron chi connectivity index (χ2n) is 4.43. The Bertz CT molecular complexity index is 376. The van der Waals surface area contributed by atoms with Gasteiger partial charge in [-0.05, 0) is 46.8 Å². The van der Waals surface area contributed by atoms with Crippen LogP contribution in [0.5, 0.6) is 5.75 Å². The fourth-order valence-corrected chi connectivity index (χ4v) is 2.63. The fourth-order valence-electron chi connectivity index (χ4n) is 2.22. The number of methoxy groups -OCH3 is 1. The lowest BCUT2D eigenvalue weighted by Crippen LogP contribution is -2.34. The summed E-state index contributed by atoms with van der Waals surface area (Å²) >= 11 is 3.46. The van der Waals surface area contributed by atoms with Gasteiger partial charge in [0, 0.05) is 31.5 Å². The zero-order valence-corrected chi connectivity index (χ0v) is 11.6. The van der Waals surface area contributed by atoms with Gasteiger partial charge in [-0.25, -0.2) is 0 Å². The molecular formula is C13H18BrNO2. The van der Waals surface area contributed by atoms with E-state index in [1.165, 1.54) is 5.69 Å². The van der Waals surface area contributed by atoms with E-state index in [2.05, 4.69) is 33.0 Å². The van der Waals surface area contributed by atoms with Crippen LogP contribution in [-0.4, -0.2) is 31.9 Å². The van der Waals surface area contributed by atoms with E-state index in [4.69, 9.17) is 9.84 Å². The average Bonchev–Trinajstić information content (AvgIpc) is 2.39. The van der Waals surface area contributed by atoms with Crippen LogP contribution in [0, 0.1) is 5.92 Å². The first-order valence-corrected chi connectivity index (χ1v) is 6.73. The quantitative estimate of drug-likeness (QED) is 0.931. The minimum absolute atomic E-state index is 0.317. The Hall–Kier alpha value is -0.740. The average molecular weight is 300 g/mol. The second-order valence-corrected chi connectivity index (χ2v) is 5.29. The molecule has 1 fully saturated rings. The lowest BCUT2D eigenvalue weighted by atomic mass is 9.97. The van der Waals surface area contributed by atoms with Crippen LogP contribution in [0.4, 0.5) is 5.69 Å². The molecule has 1 saturated heterocycles. The van der Waals surface area contributed by atoms with Crippen LogP contribution >= 0.6 is 15.9 Å². The van der Waals surface area contributed by atoms with Crippen molar-refractivity contribution in [3.8, 4) is 5.75 Å². The smallest absolute Gasteiger partial charge is 0.135 e. The molecule has 0 spiro atoms. The molecule has 0 aliphatic carbocycles. The lowest BCUT2D eigenvalue weighted by Gasteiger charge is -2.33. The Labute approximate surface area is 111 Å². The van der Waals surface area contributed by atoms with E-state index in [1.807, 2.05) is 6.07 Å². The maximum Gasteiger partial charge on any atom is 0.135 e. The van der Waals surface area contributed by atoms with Crippen LogP contribution in [0.1, 0.15) is 12.8 Å². The Kier molecular flexibility index (Phi) is 4.29. The van der Waals surface area contributed by atoms with Gasteiger partial charge < -0.3 is 14.7 Å². The van der Waals surface area contributed by atoms with Gasteiger partial charge in [-0.2, -0.15) is 0 Å². The molecule has 0 bridgehead atoms. The molecule has 1 aromatic carbocycles. The number of piperidine rings is 1. The van der Waals surface area contributed by atoms with E-state index in [0.29, 0.717) is 12.5 Å². The first-order valence-electron chi connectivity index (χ1n) is 5.94. The molecule has 94 valence electrons. The summed E-state index contributed by atoms with van der Waals surface area (Å²) in [6.07, 6.45) is 2.13. The van der Waals surface area contributed by atoms with Crippen LogP contribution in [0.2, 0.25) is 0 Å². The normalized spacial score (nSPS) is 17.2. The molecule has 1 heterocycles. The SMILES string of the molecule is COc1cc(N2CCC(CO)CC2)ccc1Br. The Morgan fingerprint density at radius 1 is 1.41 bits per heavy atom. The molecule has 1 N–H and O–H groups in total. The fraction of sp³-hybridized carbons (Fsp3) is 0.538. The van der Waals surface area contributed by atoms with Crippen molar-refractivity contribution in [3.05, 3.63) is 22.7 Å². The molecule has 0 saturated carbocycles. The number of ether oxygens (including phenoxy) is 1. The number of rotatable bonds is 3. The molecule has 0 radical (unpaired) electrons. The molecule has 2 rings (SSSR count). The molecule has 17 heavy (non-hydrogen) atoms. The molecule has 0 aromatic heterocycles. The minimum atomic E-state index is 0.317. The monoisotopic (exact) mass is 299 g/mol. The molecule has 0 amide bonds. The minimum Gasteiger partial charge on any atom is -0.495 e. The summed E-state index contributed by atoms with van der Waals surface area (Å²) in [6, 6.07) is 6.18. The third-order valence-corrected chi connectivity index (χ3v) is 4.03. The Balaban J connectivity index is 2.08. The number of halogens is 1. The van der Waals surface area contributed by atoms with Crippen LogP contribution in [0.15, 0.2) is 22.7 Å². The first-order chi connectivity index (χ1) is 8.24. The van der Waals surface area contributed by atoms with Crippen molar-refractivity contribution in [2.45, 2.75) is 12.8 Å². The summed E-state index contributed by atoms with van der Waals surface area (Å²) in [5, 5.41) is 9.12. The van der Waals surface area contributed by atoms with Crippen molar-refractivity contribution in [2.24, 2.45) is 5.92 Å². The number of aliphatic hydroxyl groups is 1. The molecule has 0 atom stereocenters. The Morgan fingerprint density at radius 2 is 2.12 bits per heavy atom. The van der Waals surface area contributed by atoms with Crippen molar-refractivity contribution in [1.82, 2.24) is 0 Å². The lowest BCUT2D eigenvalue weighted by molar-refractivity contribution is 0.203. The van der Waals surface area contributed by atoms with E-state index < -0.39 is 0 Å². The third-order valence-electron chi connectivity index (χ3n) is 3.37. The third kappa shape index (κ3) is 2.93. The van der Waals surface area contributed by atoms with E-state index in [1.54, 1.807) is 7.11 Å². The zero-order valence-electron chi connectivity index (χ0n) is 10.0. The van der Waals surface area contributed by atoms with Crippen molar-refractivity contribution < 1.29 is 9.84 Å². The molecule has 4 heteroatoms. The van der Waals surface area contributed by atoms with Crippen molar-refractivity contribution in [2.75, 3.05) is 31.7 Å². The maximum absolute atomic E-state index is 9.12. The largest absolute Gasteiger partial charge is 0.495 e. The predicted octanol–water partition coefficient (Wildman–Crippen LogP) is 2.67. The van der Waals surface area contributed by atoms with Gasteiger partial charge in [0.05, 0.1) is 11.6 Å². The number of anilines is 1. The highest BCUT2D eigenvalue weighted by Gasteiger charge is 2.19. The molecule has 0 unspecified atom stereocenters. The van der Waals surface area contributed by atoms with Gasteiger partial charge in [-0.3, -0.25) is 0 Å². The highest BCUT2D eigenvalue weighted by atomic mass is 79.9. The number of hydrogen-bond donors (Lipinski definition) is 1. The summed E-state index contributed by atoms with van der Waals surface area (Å²) in [5.41, 5.74) is 1.20. The van der Waals surface area contributed by atoms with Crippen molar-refractivity contribution in [1.29, 1.82) is 0 Å². The van der Waals surface area contributed by atoms with Gasteiger partial charge in [0.15, 0.2) is 0 Å². The zero-order chi connectivity index (χ0) is 12.3. The summed E-state index contributed by atoms with van der Waals surface area (Å²) in [7, 11) is 1.68. The summed E-state index contributed by atoms with van der Waals surface area (Å²) in [4.78, 5) is 2.35. The Morgan fingerprint density at radius 3 is 2.71 bits per heavy atom. The highest BCUT2D eigenvalue weighted by Crippen LogP contribution is 2.31. The topological polar surface area (TPSA) is 32.7 Å². The van der Waals surface area contributed by atoms with Crippen molar-refractivity contribution >= 4 is 21.6 Å². The maximum atomic E-state index is 9.12. The molecule has 3 nitrogen and oxygen atoms in total. The van der Waals surface area contributed by atoms with Gasteiger partial charge in [0.2, 0.25) is 0 Å². The van der Waals surface area contributed by atoms with Crippen LogP contribution in [-0.2, 0) is 0 Å². The van der Waals surface area contributed by atoms with Gasteiger partial charge in [-0.15, -0.1) is 0 Å². The number of benzene rings is 1. The number of aliphatic hydroxyl groups excluding tert-OH is 1. The van der Waals surface area contributed by atoms with Crippen LogP contribution in [0.3, 0.4) is 0 Å². The predicted molar refractivity (Wildman–Crippen MR) is 72.7 cm³/mol. The summed E-state index contributed by atoms with van der Waals surface area (Å²) < 4.78 is 6.29. The number of nitrogens with zero attached hydrogens (tertiary/aromatic N) is 1. The summed E-state index contributed by atoms with van der Waals surface area (Å²) in [6.45, 7) is 2.34. The molecular weight excluding hydrogens is 282 g/mol. The first kappa shape index (κ1) is 12.7. The number of hydrogen-bond acceptors (Lipinski definition) is 3. The second kappa shape index (κ2) is 5.74. The van der Waals surface area contributed by atoms with Crippen molar-refractivity contribution in [3.63, 3.8) is 0 Å². The van der Waals surface area contributed by atoms with Gasteiger partial charge in [-0.1, -0.05) is 0 Å². The van der Waals surface area contributed by atoms with Gasteiger partial charge in [0.25, 0.3) is 0 Å². The summed E-state index contributed by atoms with van der Waals surface area (Å²) in [5.74, 6) is 1.34. The molecule has 1 aromatic rings. The molecule has 1 aliphatic rings. The van der Waals surface area contributed by atoms with E-state index in [-0.39, 0.29) is 0 Å². The van der Waals surface area contributed by atoms with Gasteiger partial charge >= 0.3 is 0 Å². The van der Waals surface area contributed by atoms with E-state index in [9.17, 15) is 0 Å². The van der Waals surface area contributed by atoms with Crippen LogP contribution < -0.4 is 9.64 Å². The van der Waals surface area contributed by atoms with E-state index in [0.717, 1.165) is 36.2 Å². The van der Waals surface area contributed by atoms with E-state index >= 15 is 0 Å². The standard InChI is InChI=1S/C13H18BrNO2/c1-17-13-8-11(2-3-12(13)14)15-6-4-10(9-16)5-7-15/h2-3,8,10,16H,4-7,9H2,1H3. The molecule has 1 aliphatic heterocycles. The van der Waals surface area contributed by atoms with Crippen LogP contribution in [0.25, 0.3) is 0 Å². The van der Waals surface area contributed by atoms with Gasteiger partial charge in [0.1, 0.15) is 5.75 Å².